The monoisotopic (exact) mass is 396 g/mol. The molecule has 0 radical (unpaired) electrons. The molecule has 0 heterocycles. The fourth-order valence-electron chi connectivity index (χ4n) is 1.71. The average molecular weight is 396 g/mol. The number of aliphatic hydroxyl groups is 2. The Morgan fingerprint density at radius 3 is 1.50 bits per heavy atom. The molecule has 1 rings (SSSR count). The zero-order valence-electron chi connectivity index (χ0n) is 15.9. The van der Waals surface area contributed by atoms with Crippen LogP contribution in [-0.4, -0.2) is 75.0 Å². The summed E-state index contributed by atoms with van der Waals surface area (Å²) in [5.41, 5.74) is 0.349. The lowest BCUT2D eigenvalue weighted by atomic mass is 10.1. The summed E-state index contributed by atoms with van der Waals surface area (Å²) in [5, 5.41) is 16.5. The first-order valence-corrected chi connectivity index (χ1v) is 8.64. The summed E-state index contributed by atoms with van der Waals surface area (Å²) in [5.74, 6) is -1.16. The molecule has 0 fully saturated rings. The molecule has 1 aromatic carbocycles. The van der Waals surface area contributed by atoms with Crippen LogP contribution in [0.15, 0.2) is 49.6 Å². The highest BCUT2D eigenvalue weighted by atomic mass is 16.5. The third kappa shape index (κ3) is 12.0. The van der Waals surface area contributed by atoms with Gasteiger partial charge in [-0.25, -0.2) is 9.59 Å². The van der Waals surface area contributed by atoms with Gasteiger partial charge in [0, 0.05) is 0 Å². The number of ether oxygens (including phenoxy) is 4. The molecule has 0 atom stereocenters. The molecule has 0 aliphatic heterocycles. The third-order valence-corrected chi connectivity index (χ3v) is 2.87. The normalized spacial score (nSPS) is 9.64. The number of benzene rings is 1. The zero-order chi connectivity index (χ0) is 21.0. The number of rotatable bonds is 13. The van der Waals surface area contributed by atoms with Crippen LogP contribution in [0, 0.1) is 0 Å². The molecule has 8 heteroatoms. The van der Waals surface area contributed by atoms with E-state index in [1.165, 1.54) is 24.3 Å². The molecule has 0 saturated heterocycles. The number of aliphatic hydroxyl groups excluding tert-OH is 2. The molecular weight excluding hydrogens is 368 g/mol. The second-order valence-corrected chi connectivity index (χ2v) is 4.99. The minimum Gasteiger partial charge on any atom is -0.458 e. The van der Waals surface area contributed by atoms with Crippen LogP contribution in [0.1, 0.15) is 20.7 Å². The zero-order valence-corrected chi connectivity index (χ0v) is 15.9. The van der Waals surface area contributed by atoms with E-state index >= 15 is 0 Å². The highest BCUT2D eigenvalue weighted by Gasteiger charge is 2.18. The molecular formula is C20H28O8. The van der Waals surface area contributed by atoms with Crippen molar-refractivity contribution in [3.8, 4) is 0 Å². The minimum absolute atomic E-state index is 0.0417. The van der Waals surface area contributed by atoms with Crippen molar-refractivity contribution >= 4 is 11.9 Å². The first kappa shape index (κ1) is 25.5. The summed E-state index contributed by atoms with van der Waals surface area (Å²) < 4.78 is 19.5. The maximum absolute atomic E-state index is 11.7. The molecule has 0 aromatic heterocycles. The van der Waals surface area contributed by atoms with Crippen LogP contribution in [0.5, 0.6) is 0 Å². The predicted molar refractivity (Wildman–Crippen MR) is 103 cm³/mol. The predicted octanol–water partition coefficient (Wildman–Crippen LogP) is 1.38. The maximum atomic E-state index is 11.7. The smallest absolute Gasteiger partial charge is 0.339 e. The third-order valence-electron chi connectivity index (χ3n) is 2.87. The Morgan fingerprint density at radius 1 is 0.786 bits per heavy atom. The van der Waals surface area contributed by atoms with E-state index in [4.69, 9.17) is 29.2 Å². The highest BCUT2D eigenvalue weighted by Crippen LogP contribution is 2.12. The van der Waals surface area contributed by atoms with Crippen LogP contribution >= 0.6 is 0 Å². The van der Waals surface area contributed by atoms with Gasteiger partial charge in [-0.1, -0.05) is 37.4 Å². The fourth-order valence-corrected chi connectivity index (χ4v) is 1.71. The van der Waals surface area contributed by atoms with E-state index in [1.54, 1.807) is 12.1 Å². The number of esters is 2. The standard InChI is InChI=1S/C14H14O4.C6H14O4/c1-3-9-17-13(15)11-7-5-6-8-12(11)14(16)18-10-4-2;7-1-3-9-5-6-10-4-2-8/h3-8H,1-2,9-10H2;7-8H,1-6H2. The topological polar surface area (TPSA) is 112 Å². The summed E-state index contributed by atoms with van der Waals surface area (Å²) in [6.45, 7) is 8.80. The first-order valence-electron chi connectivity index (χ1n) is 8.64. The molecule has 0 saturated carbocycles. The number of carbonyl (C=O) groups is 2. The molecule has 28 heavy (non-hydrogen) atoms. The first-order chi connectivity index (χ1) is 13.6. The van der Waals surface area contributed by atoms with E-state index in [0.29, 0.717) is 26.4 Å². The van der Waals surface area contributed by atoms with Crippen LogP contribution < -0.4 is 0 Å². The molecule has 2 N–H and O–H groups in total. The lowest BCUT2D eigenvalue weighted by Crippen LogP contribution is -2.14. The van der Waals surface area contributed by atoms with E-state index in [2.05, 4.69) is 13.2 Å². The lowest BCUT2D eigenvalue weighted by Gasteiger charge is -2.07. The fraction of sp³-hybridized carbons (Fsp3) is 0.400. The van der Waals surface area contributed by atoms with Gasteiger partial charge in [0.1, 0.15) is 13.2 Å². The molecule has 156 valence electrons. The second kappa shape index (κ2) is 17.9. The van der Waals surface area contributed by atoms with Gasteiger partial charge in [0.2, 0.25) is 0 Å². The van der Waals surface area contributed by atoms with E-state index in [1.807, 2.05) is 0 Å². The van der Waals surface area contributed by atoms with Gasteiger partial charge >= 0.3 is 11.9 Å². The quantitative estimate of drug-likeness (QED) is 0.292. The minimum atomic E-state index is -0.582. The van der Waals surface area contributed by atoms with Gasteiger partial charge in [-0.05, 0) is 12.1 Å². The molecule has 0 aliphatic carbocycles. The van der Waals surface area contributed by atoms with E-state index in [0.717, 1.165) is 0 Å². The Hall–Kier alpha value is -2.52. The summed E-state index contributed by atoms with van der Waals surface area (Å²) in [6.07, 6.45) is 2.91. The van der Waals surface area contributed by atoms with Gasteiger partial charge < -0.3 is 29.2 Å². The van der Waals surface area contributed by atoms with Gasteiger partial charge in [0.15, 0.2) is 0 Å². The van der Waals surface area contributed by atoms with Gasteiger partial charge in [-0.15, -0.1) is 0 Å². The van der Waals surface area contributed by atoms with Crippen LogP contribution in [-0.2, 0) is 18.9 Å². The molecule has 1 aromatic rings. The van der Waals surface area contributed by atoms with Crippen LogP contribution in [0.4, 0.5) is 0 Å². The van der Waals surface area contributed by atoms with E-state index < -0.39 is 11.9 Å². The van der Waals surface area contributed by atoms with E-state index in [-0.39, 0.29) is 37.6 Å². The van der Waals surface area contributed by atoms with Crippen LogP contribution in [0.25, 0.3) is 0 Å². The summed E-state index contributed by atoms with van der Waals surface area (Å²) >= 11 is 0. The van der Waals surface area contributed by atoms with Crippen LogP contribution in [0.3, 0.4) is 0 Å². The Morgan fingerprint density at radius 2 is 1.18 bits per heavy atom. The van der Waals surface area contributed by atoms with Gasteiger partial charge in [-0.3, -0.25) is 0 Å². The van der Waals surface area contributed by atoms with Crippen molar-refractivity contribution in [3.05, 3.63) is 60.7 Å². The van der Waals surface area contributed by atoms with Crippen molar-refractivity contribution in [2.75, 3.05) is 52.9 Å². The Balaban J connectivity index is 0.000000621. The van der Waals surface area contributed by atoms with Crippen LogP contribution in [0.2, 0.25) is 0 Å². The number of hydrogen-bond acceptors (Lipinski definition) is 8. The Labute approximate surface area is 165 Å². The number of hydrogen-bond donors (Lipinski definition) is 2. The molecule has 8 nitrogen and oxygen atoms in total. The van der Waals surface area contributed by atoms with Crippen molar-refractivity contribution in [1.29, 1.82) is 0 Å². The second-order valence-electron chi connectivity index (χ2n) is 4.99. The molecule has 0 aliphatic rings. The van der Waals surface area contributed by atoms with Crippen molar-refractivity contribution in [3.63, 3.8) is 0 Å². The summed E-state index contributed by atoms with van der Waals surface area (Å²) in [6, 6.07) is 6.31. The molecule has 0 unspecified atom stereocenters. The van der Waals surface area contributed by atoms with Gasteiger partial charge in [-0.2, -0.15) is 0 Å². The SMILES string of the molecule is C=CCOC(=O)c1ccccc1C(=O)OCC=C.OCCOCCOCCO. The largest absolute Gasteiger partial charge is 0.458 e. The number of carbonyl (C=O) groups excluding carboxylic acids is 2. The Kier molecular flexibility index (Phi) is 16.3. The van der Waals surface area contributed by atoms with Crippen molar-refractivity contribution in [1.82, 2.24) is 0 Å². The van der Waals surface area contributed by atoms with Gasteiger partial charge in [0.25, 0.3) is 0 Å². The summed E-state index contributed by atoms with van der Waals surface area (Å²) in [4.78, 5) is 23.4. The van der Waals surface area contributed by atoms with Crippen molar-refractivity contribution in [2.24, 2.45) is 0 Å². The van der Waals surface area contributed by atoms with E-state index in [9.17, 15) is 9.59 Å². The summed E-state index contributed by atoms with van der Waals surface area (Å²) in [7, 11) is 0. The lowest BCUT2D eigenvalue weighted by molar-refractivity contribution is 0.0222. The van der Waals surface area contributed by atoms with Gasteiger partial charge in [0.05, 0.1) is 50.8 Å². The van der Waals surface area contributed by atoms with Crippen molar-refractivity contribution in [2.45, 2.75) is 0 Å². The maximum Gasteiger partial charge on any atom is 0.339 e. The molecule has 0 amide bonds. The molecule has 0 spiro atoms. The average Bonchev–Trinajstić information content (AvgIpc) is 2.73. The highest BCUT2D eigenvalue weighted by molar-refractivity contribution is 6.03. The Bertz CT molecular complexity index is 534. The molecule has 0 bridgehead atoms. The van der Waals surface area contributed by atoms with Crippen molar-refractivity contribution < 1.29 is 38.7 Å².